The number of carbonyl (C=O) groups excluding carboxylic acids is 1. The van der Waals surface area contributed by atoms with Gasteiger partial charge in [-0.2, -0.15) is 0 Å². The van der Waals surface area contributed by atoms with Crippen molar-refractivity contribution in [2.75, 3.05) is 32.7 Å². The van der Waals surface area contributed by atoms with E-state index in [2.05, 4.69) is 18.7 Å². The number of rotatable bonds is 3. The molecular weight excluding hydrogens is 178 g/mol. The van der Waals surface area contributed by atoms with E-state index >= 15 is 0 Å². The van der Waals surface area contributed by atoms with Crippen LogP contribution in [-0.4, -0.2) is 54.5 Å². The topological polar surface area (TPSA) is 49.6 Å². The van der Waals surface area contributed by atoms with Gasteiger partial charge in [0.25, 0.3) is 0 Å². The minimum Gasteiger partial charge on any atom is -0.339 e. The van der Waals surface area contributed by atoms with Gasteiger partial charge in [0.05, 0.1) is 6.54 Å². The molecule has 0 bridgehead atoms. The molecule has 4 nitrogen and oxygen atoms in total. The third-order valence-electron chi connectivity index (χ3n) is 3.06. The number of piperazine rings is 1. The van der Waals surface area contributed by atoms with E-state index in [1.165, 1.54) is 6.42 Å². The van der Waals surface area contributed by atoms with Crippen LogP contribution >= 0.6 is 0 Å². The van der Waals surface area contributed by atoms with Crippen molar-refractivity contribution in [3.63, 3.8) is 0 Å². The molecule has 1 amide bonds. The molecule has 0 aromatic carbocycles. The van der Waals surface area contributed by atoms with Crippen molar-refractivity contribution in [2.45, 2.75) is 26.3 Å². The lowest BCUT2D eigenvalue weighted by Gasteiger charge is -2.37. The Morgan fingerprint density at radius 1 is 1.36 bits per heavy atom. The Morgan fingerprint density at radius 2 is 1.93 bits per heavy atom. The van der Waals surface area contributed by atoms with Crippen molar-refractivity contribution < 1.29 is 4.79 Å². The van der Waals surface area contributed by atoms with Gasteiger partial charge in [-0.1, -0.05) is 6.92 Å². The van der Waals surface area contributed by atoms with Crippen LogP contribution < -0.4 is 5.73 Å². The smallest absolute Gasteiger partial charge is 0.236 e. The van der Waals surface area contributed by atoms with Crippen LogP contribution in [0.5, 0.6) is 0 Å². The SMILES string of the molecule is CC[C@H](C)N1CCN(C(=O)CN)CC1. The third-order valence-corrected chi connectivity index (χ3v) is 3.06. The van der Waals surface area contributed by atoms with Crippen LogP contribution in [0.1, 0.15) is 20.3 Å². The molecule has 0 aliphatic carbocycles. The van der Waals surface area contributed by atoms with Gasteiger partial charge in [0.2, 0.25) is 5.91 Å². The van der Waals surface area contributed by atoms with Crippen LogP contribution in [-0.2, 0) is 4.79 Å². The lowest BCUT2D eigenvalue weighted by molar-refractivity contribution is -0.131. The molecule has 0 aromatic heterocycles. The molecule has 1 aliphatic heterocycles. The second-order valence-corrected chi connectivity index (χ2v) is 3.88. The van der Waals surface area contributed by atoms with Crippen molar-refractivity contribution in [1.29, 1.82) is 0 Å². The molecule has 1 saturated heterocycles. The molecule has 1 heterocycles. The summed E-state index contributed by atoms with van der Waals surface area (Å²) in [5.41, 5.74) is 5.32. The van der Waals surface area contributed by atoms with E-state index in [9.17, 15) is 4.79 Å². The monoisotopic (exact) mass is 199 g/mol. The highest BCUT2D eigenvalue weighted by molar-refractivity contribution is 5.78. The van der Waals surface area contributed by atoms with Crippen LogP contribution in [0.3, 0.4) is 0 Å². The Labute approximate surface area is 86.0 Å². The van der Waals surface area contributed by atoms with Crippen molar-refractivity contribution in [1.82, 2.24) is 9.80 Å². The predicted molar refractivity (Wildman–Crippen MR) is 57.0 cm³/mol. The number of hydrogen-bond acceptors (Lipinski definition) is 3. The highest BCUT2D eigenvalue weighted by Gasteiger charge is 2.22. The number of nitrogens with two attached hydrogens (primary N) is 1. The maximum Gasteiger partial charge on any atom is 0.236 e. The van der Waals surface area contributed by atoms with E-state index in [0.29, 0.717) is 6.04 Å². The van der Waals surface area contributed by atoms with Gasteiger partial charge >= 0.3 is 0 Å². The summed E-state index contributed by atoms with van der Waals surface area (Å²) in [6.07, 6.45) is 1.17. The average molecular weight is 199 g/mol. The third kappa shape index (κ3) is 2.69. The molecule has 1 aliphatic rings. The Hall–Kier alpha value is -0.610. The van der Waals surface area contributed by atoms with E-state index in [1.807, 2.05) is 4.90 Å². The highest BCUT2D eigenvalue weighted by Crippen LogP contribution is 2.08. The van der Waals surface area contributed by atoms with Crippen LogP contribution in [0.2, 0.25) is 0 Å². The van der Waals surface area contributed by atoms with Crippen molar-refractivity contribution in [2.24, 2.45) is 5.73 Å². The zero-order valence-electron chi connectivity index (χ0n) is 9.20. The Kier molecular flexibility index (Phi) is 4.35. The number of amides is 1. The molecule has 1 atom stereocenters. The van der Waals surface area contributed by atoms with E-state index in [0.717, 1.165) is 26.2 Å². The quantitative estimate of drug-likeness (QED) is 0.690. The lowest BCUT2D eigenvalue weighted by atomic mass is 10.2. The van der Waals surface area contributed by atoms with E-state index in [-0.39, 0.29) is 12.5 Å². The molecular formula is C10H21N3O. The fourth-order valence-electron chi connectivity index (χ4n) is 1.80. The van der Waals surface area contributed by atoms with Gasteiger partial charge < -0.3 is 10.6 Å². The van der Waals surface area contributed by atoms with E-state index in [4.69, 9.17) is 5.73 Å². The largest absolute Gasteiger partial charge is 0.339 e. The molecule has 4 heteroatoms. The Balaban J connectivity index is 2.34. The molecule has 0 spiro atoms. The molecule has 82 valence electrons. The number of hydrogen-bond donors (Lipinski definition) is 1. The van der Waals surface area contributed by atoms with Crippen molar-refractivity contribution in [3.8, 4) is 0 Å². The number of carbonyl (C=O) groups is 1. The Bertz CT molecular complexity index is 188. The van der Waals surface area contributed by atoms with Crippen LogP contribution in [0, 0.1) is 0 Å². The van der Waals surface area contributed by atoms with Crippen molar-refractivity contribution in [3.05, 3.63) is 0 Å². The zero-order valence-corrected chi connectivity index (χ0v) is 9.20. The predicted octanol–water partition coefficient (Wildman–Crippen LogP) is -0.112. The zero-order chi connectivity index (χ0) is 10.6. The van der Waals surface area contributed by atoms with Crippen LogP contribution in [0.25, 0.3) is 0 Å². The first-order valence-corrected chi connectivity index (χ1v) is 5.41. The second-order valence-electron chi connectivity index (χ2n) is 3.88. The van der Waals surface area contributed by atoms with Crippen molar-refractivity contribution >= 4 is 5.91 Å². The van der Waals surface area contributed by atoms with Gasteiger partial charge in [0.15, 0.2) is 0 Å². The summed E-state index contributed by atoms with van der Waals surface area (Å²) in [5.74, 6) is 0.0776. The fourth-order valence-corrected chi connectivity index (χ4v) is 1.80. The molecule has 0 saturated carbocycles. The molecule has 2 N–H and O–H groups in total. The molecule has 0 unspecified atom stereocenters. The minimum atomic E-state index is 0.0776. The molecule has 0 radical (unpaired) electrons. The summed E-state index contributed by atoms with van der Waals surface area (Å²) in [4.78, 5) is 15.6. The summed E-state index contributed by atoms with van der Waals surface area (Å²) in [6.45, 7) is 8.22. The van der Waals surface area contributed by atoms with Gasteiger partial charge in [0.1, 0.15) is 0 Å². The van der Waals surface area contributed by atoms with Gasteiger partial charge in [-0.25, -0.2) is 0 Å². The molecule has 1 rings (SSSR count). The maximum atomic E-state index is 11.3. The standard InChI is InChI=1S/C10H21N3O/c1-3-9(2)12-4-6-13(7-5-12)10(14)8-11/h9H,3-8,11H2,1-2H3/t9-/m0/s1. The van der Waals surface area contributed by atoms with E-state index < -0.39 is 0 Å². The molecule has 14 heavy (non-hydrogen) atoms. The van der Waals surface area contributed by atoms with Crippen LogP contribution in [0.4, 0.5) is 0 Å². The highest BCUT2D eigenvalue weighted by atomic mass is 16.2. The summed E-state index contributed by atoms with van der Waals surface area (Å²) < 4.78 is 0. The summed E-state index contributed by atoms with van der Waals surface area (Å²) in [6, 6.07) is 0.630. The first-order chi connectivity index (χ1) is 6.69. The average Bonchev–Trinajstić information content (AvgIpc) is 2.27. The first-order valence-electron chi connectivity index (χ1n) is 5.41. The summed E-state index contributed by atoms with van der Waals surface area (Å²) >= 11 is 0. The van der Waals surface area contributed by atoms with Gasteiger partial charge in [-0.05, 0) is 13.3 Å². The van der Waals surface area contributed by atoms with Gasteiger partial charge in [0, 0.05) is 32.2 Å². The second kappa shape index (κ2) is 5.32. The molecule has 0 aromatic rings. The summed E-state index contributed by atoms with van der Waals surface area (Å²) in [5, 5.41) is 0. The summed E-state index contributed by atoms with van der Waals surface area (Å²) in [7, 11) is 0. The first kappa shape index (κ1) is 11.5. The van der Waals surface area contributed by atoms with Crippen LogP contribution in [0.15, 0.2) is 0 Å². The van der Waals surface area contributed by atoms with Gasteiger partial charge in [-0.15, -0.1) is 0 Å². The minimum absolute atomic E-state index is 0.0776. The lowest BCUT2D eigenvalue weighted by Crippen LogP contribution is -2.52. The normalized spacial score (nSPS) is 20.9. The molecule has 1 fully saturated rings. The fraction of sp³-hybridized carbons (Fsp3) is 0.900. The van der Waals surface area contributed by atoms with Gasteiger partial charge in [-0.3, -0.25) is 9.69 Å². The number of nitrogens with zero attached hydrogens (tertiary/aromatic N) is 2. The van der Waals surface area contributed by atoms with E-state index in [1.54, 1.807) is 0 Å². The Morgan fingerprint density at radius 3 is 2.36 bits per heavy atom. The maximum absolute atomic E-state index is 11.3.